The minimum absolute atomic E-state index is 0.161. The van der Waals surface area contributed by atoms with Crippen molar-refractivity contribution in [2.45, 2.75) is 6.92 Å². The smallest absolute Gasteiger partial charge is 0.271 e. The molecule has 4 rings (SSSR count). The Hall–Kier alpha value is -3.27. The van der Waals surface area contributed by atoms with E-state index < -0.39 is 0 Å². The van der Waals surface area contributed by atoms with E-state index in [0.29, 0.717) is 11.1 Å². The van der Waals surface area contributed by atoms with Crippen molar-refractivity contribution in [3.05, 3.63) is 82.9 Å². The number of hydrazone groups is 1. The Bertz CT molecular complexity index is 1010. The van der Waals surface area contributed by atoms with Gasteiger partial charge in [-0.2, -0.15) is 5.10 Å². The van der Waals surface area contributed by atoms with Crippen LogP contribution in [0.2, 0.25) is 0 Å². The first-order valence-electron chi connectivity index (χ1n) is 7.66. The number of carbonyl (C=O) groups excluding carboxylic acids is 2. The van der Waals surface area contributed by atoms with Gasteiger partial charge in [-0.05, 0) is 24.4 Å². The maximum Gasteiger partial charge on any atom is 0.271 e. The lowest BCUT2D eigenvalue weighted by Gasteiger charge is -2.02. The zero-order chi connectivity index (χ0) is 16.7. The van der Waals surface area contributed by atoms with Crippen molar-refractivity contribution in [2.24, 2.45) is 5.10 Å². The van der Waals surface area contributed by atoms with E-state index >= 15 is 0 Å². The van der Waals surface area contributed by atoms with Crippen LogP contribution in [-0.2, 0) is 0 Å². The fraction of sp³-hybridized carbons (Fsp3) is 0.0500. The third kappa shape index (κ3) is 2.20. The van der Waals surface area contributed by atoms with Gasteiger partial charge < -0.3 is 0 Å². The van der Waals surface area contributed by atoms with E-state index in [9.17, 15) is 9.59 Å². The van der Waals surface area contributed by atoms with Gasteiger partial charge in [0.1, 0.15) is 5.71 Å². The second-order valence-electron chi connectivity index (χ2n) is 5.81. The minimum Gasteiger partial charge on any atom is -0.287 e. The molecule has 0 spiro atoms. The highest BCUT2D eigenvalue weighted by Gasteiger charge is 2.28. The minimum atomic E-state index is -0.335. The number of Topliss-reactive ketones (excluding diaryl/α,β-unsaturated/α-hetero) is 1. The predicted octanol–water partition coefficient (Wildman–Crippen LogP) is 3.48. The van der Waals surface area contributed by atoms with Crippen LogP contribution in [0.4, 0.5) is 0 Å². The molecule has 116 valence electrons. The summed E-state index contributed by atoms with van der Waals surface area (Å²) in [5, 5.41) is 6.00. The molecule has 0 fully saturated rings. The fourth-order valence-corrected chi connectivity index (χ4v) is 2.96. The Morgan fingerprint density at radius 3 is 2.29 bits per heavy atom. The van der Waals surface area contributed by atoms with Crippen LogP contribution < -0.4 is 5.43 Å². The Balaban J connectivity index is 1.69. The Kier molecular flexibility index (Phi) is 3.24. The molecule has 3 aromatic rings. The van der Waals surface area contributed by atoms with Gasteiger partial charge in [-0.1, -0.05) is 54.1 Å². The van der Waals surface area contributed by atoms with Gasteiger partial charge in [0.15, 0.2) is 0 Å². The molecule has 1 amide bonds. The van der Waals surface area contributed by atoms with Crippen molar-refractivity contribution < 1.29 is 9.59 Å². The summed E-state index contributed by atoms with van der Waals surface area (Å²) in [4.78, 5) is 24.8. The number of hydrogen-bond acceptors (Lipinski definition) is 3. The highest BCUT2D eigenvalue weighted by atomic mass is 16.2. The van der Waals surface area contributed by atoms with E-state index in [1.54, 1.807) is 18.2 Å². The summed E-state index contributed by atoms with van der Waals surface area (Å²) in [6.07, 6.45) is 0. The molecule has 1 aliphatic rings. The highest BCUT2D eigenvalue weighted by molar-refractivity contribution is 6.59. The summed E-state index contributed by atoms with van der Waals surface area (Å²) in [7, 11) is 0. The largest absolute Gasteiger partial charge is 0.287 e. The third-order valence-corrected chi connectivity index (χ3v) is 4.20. The van der Waals surface area contributed by atoms with Crippen LogP contribution in [0, 0.1) is 6.92 Å². The number of rotatable bonds is 2. The third-order valence-electron chi connectivity index (χ3n) is 4.20. The second-order valence-corrected chi connectivity index (χ2v) is 5.81. The molecule has 0 radical (unpaired) electrons. The number of benzene rings is 3. The zero-order valence-electron chi connectivity index (χ0n) is 13.0. The van der Waals surface area contributed by atoms with Gasteiger partial charge in [-0.3, -0.25) is 9.59 Å². The fourth-order valence-electron chi connectivity index (χ4n) is 2.96. The van der Waals surface area contributed by atoms with Crippen LogP contribution >= 0.6 is 0 Å². The van der Waals surface area contributed by atoms with Crippen LogP contribution in [0.25, 0.3) is 10.8 Å². The molecule has 3 aromatic carbocycles. The topological polar surface area (TPSA) is 58.5 Å². The zero-order valence-corrected chi connectivity index (χ0v) is 13.0. The first-order valence-corrected chi connectivity index (χ1v) is 7.66. The molecule has 0 unspecified atom stereocenters. The van der Waals surface area contributed by atoms with Crippen LogP contribution in [0.5, 0.6) is 0 Å². The van der Waals surface area contributed by atoms with Gasteiger partial charge in [-0.15, -0.1) is 0 Å². The summed E-state index contributed by atoms with van der Waals surface area (Å²) < 4.78 is 0. The molecule has 4 nitrogen and oxygen atoms in total. The van der Waals surface area contributed by atoms with E-state index in [2.05, 4.69) is 10.5 Å². The molecular formula is C20H14N2O2. The molecular weight excluding hydrogens is 300 g/mol. The van der Waals surface area contributed by atoms with Crippen molar-refractivity contribution in [3.8, 4) is 0 Å². The quantitative estimate of drug-likeness (QED) is 0.736. The lowest BCUT2D eigenvalue weighted by molar-refractivity contribution is 0.0955. The Labute approximate surface area is 138 Å². The lowest BCUT2D eigenvalue weighted by atomic mass is 10.1. The van der Waals surface area contributed by atoms with E-state index in [1.165, 1.54) is 0 Å². The highest BCUT2D eigenvalue weighted by Crippen LogP contribution is 2.30. The van der Waals surface area contributed by atoms with Crippen LogP contribution in [0.15, 0.2) is 65.8 Å². The summed E-state index contributed by atoms with van der Waals surface area (Å²) in [5.41, 5.74) is 5.75. The molecule has 24 heavy (non-hydrogen) atoms. The summed E-state index contributed by atoms with van der Waals surface area (Å²) in [5.74, 6) is -0.496. The first kappa shape index (κ1) is 14.3. The molecule has 0 heterocycles. The Morgan fingerprint density at radius 2 is 1.58 bits per heavy atom. The summed E-state index contributed by atoms with van der Waals surface area (Å²) >= 11 is 0. The number of ketones is 1. The summed E-state index contributed by atoms with van der Waals surface area (Å²) in [6, 6.07) is 18.5. The van der Waals surface area contributed by atoms with Crippen molar-refractivity contribution in [1.82, 2.24) is 5.43 Å². The van der Waals surface area contributed by atoms with Crippen LogP contribution in [0.1, 0.15) is 31.8 Å². The van der Waals surface area contributed by atoms with Gasteiger partial charge in [0.05, 0.1) is 0 Å². The second kappa shape index (κ2) is 5.42. The maximum atomic E-state index is 12.6. The average Bonchev–Trinajstić information content (AvgIpc) is 2.88. The number of carbonyl (C=O) groups is 2. The molecule has 1 N–H and O–H groups in total. The monoisotopic (exact) mass is 314 g/mol. The maximum absolute atomic E-state index is 12.6. The standard InChI is InChI=1S/C20H14N2O2/c1-12-8-10-14(11-9-12)20(24)22-21-18-15-6-2-4-13-5-3-7-16(17(13)15)19(18)23/h2-11H,1H3,(H,22,24)/b21-18-. The number of aryl methyl sites for hydroxylation is 1. The van der Waals surface area contributed by atoms with Gasteiger partial charge in [0.25, 0.3) is 5.91 Å². The molecule has 1 aliphatic carbocycles. The van der Waals surface area contributed by atoms with Gasteiger partial charge in [-0.25, -0.2) is 5.43 Å². The molecule has 0 bridgehead atoms. The Morgan fingerprint density at radius 1 is 0.917 bits per heavy atom. The molecule has 0 atom stereocenters. The van der Waals surface area contributed by atoms with E-state index in [-0.39, 0.29) is 17.4 Å². The SMILES string of the molecule is Cc1ccc(C(=O)N/N=C2\C(=O)c3cccc4cccc2c34)cc1. The van der Waals surface area contributed by atoms with E-state index in [0.717, 1.165) is 21.9 Å². The van der Waals surface area contributed by atoms with Gasteiger partial charge in [0.2, 0.25) is 5.78 Å². The number of nitrogens with one attached hydrogen (secondary N) is 1. The molecule has 4 heteroatoms. The summed E-state index contributed by atoms with van der Waals surface area (Å²) in [6.45, 7) is 1.96. The first-order chi connectivity index (χ1) is 11.6. The van der Waals surface area contributed by atoms with Gasteiger partial charge >= 0.3 is 0 Å². The van der Waals surface area contributed by atoms with E-state index in [4.69, 9.17) is 0 Å². The lowest BCUT2D eigenvalue weighted by Crippen LogP contribution is -2.22. The van der Waals surface area contributed by atoms with Crippen molar-refractivity contribution in [3.63, 3.8) is 0 Å². The number of amides is 1. The average molecular weight is 314 g/mol. The molecule has 0 saturated heterocycles. The van der Waals surface area contributed by atoms with E-state index in [1.807, 2.05) is 49.4 Å². The van der Waals surface area contributed by atoms with Crippen molar-refractivity contribution in [1.29, 1.82) is 0 Å². The van der Waals surface area contributed by atoms with Crippen LogP contribution in [0.3, 0.4) is 0 Å². The predicted molar refractivity (Wildman–Crippen MR) is 93.5 cm³/mol. The normalized spacial score (nSPS) is 14.4. The molecule has 0 aromatic heterocycles. The molecule has 0 saturated carbocycles. The van der Waals surface area contributed by atoms with Crippen molar-refractivity contribution in [2.75, 3.05) is 0 Å². The molecule has 0 aliphatic heterocycles. The van der Waals surface area contributed by atoms with Gasteiger partial charge in [0, 0.05) is 22.1 Å². The van der Waals surface area contributed by atoms with Crippen LogP contribution in [-0.4, -0.2) is 17.4 Å². The number of hydrogen-bond donors (Lipinski definition) is 1. The van der Waals surface area contributed by atoms with Crippen molar-refractivity contribution >= 4 is 28.2 Å². The number of nitrogens with zero attached hydrogens (tertiary/aromatic N) is 1.